The minimum Gasteiger partial charge on any atom is -0.445 e. The van der Waals surface area contributed by atoms with Crippen molar-refractivity contribution in [2.45, 2.75) is 39.8 Å². The Hall–Kier alpha value is -1.91. The summed E-state index contributed by atoms with van der Waals surface area (Å²) in [6.45, 7) is 6.42. The highest BCUT2D eigenvalue weighted by Gasteiger charge is 2.46. The molecule has 0 saturated carbocycles. The smallest absolute Gasteiger partial charge is 0.408 e. The van der Waals surface area contributed by atoms with Crippen LogP contribution in [0.25, 0.3) is 0 Å². The summed E-state index contributed by atoms with van der Waals surface area (Å²) >= 11 is 0. The van der Waals surface area contributed by atoms with Crippen LogP contribution in [0.2, 0.25) is 0 Å². The molecule has 0 aromatic heterocycles. The fraction of sp³-hybridized carbons (Fsp3) is 0.467. The molecule has 1 aromatic rings. The summed E-state index contributed by atoms with van der Waals surface area (Å²) in [5.41, 5.74) is -1.59. The molecule has 1 N–H and O–H groups in total. The predicted octanol–water partition coefficient (Wildman–Crippen LogP) is 3.21. The molecule has 1 aromatic carbocycles. The highest BCUT2D eigenvalue weighted by atomic mass is 19.1. The van der Waals surface area contributed by atoms with Crippen molar-refractivity contribution in [3.05, 3.63) is 35.9 Å². The molecular weight excluding hydrogens is 261 g/mol. The van der Waals surface area contributed by atoms with Crippen molar-refractivity contribution in [1.29, 1.82) is 0 Å². The van der Waals surface area contributed by atoms with Crippen LogP contribution in [-0.2, 0) is 16.1 Å². The Morgan fingerprint density at radius 2 is 1.70 bits per heavy atom. The molecule has 0 aliphatic rings. The monoisotopic (exact) mass is 281 g/mol. The quantitative estimate of drug-likeness (QED) is 0.862. The molecule has 20 heavy (non-hydrogen) atoms. The number of carbonyl (C=O) groups is 2. The van der Waals surface area contributed by atoms with Gasteiger partial charge < -0.3 is 10.1 Å². The number of rotatable bonds is 4. The van der Waals surface area contributed by atoms with Crippen molar-refractivity contribution < 1.29 is 18.7 Å². The van der Waals surface area contributed by atoms with Crippen molar-refractivity contribution in [3.63, 3.8) is 0 Å². The van der Waals surface area contributed by atoms with Crippen molar-refractivity contribution in [1.82, 2.24) is 5.32 Å². The summed E-state index contributed by atoms with van der Waals surface area (Å²) in [6.07, 6.45) is -0.822. The molecule has 0 saturated heterocycles. The van der Waals surface area contributed by atoms with Gasteiger partial charge in [-0.15, -0.1) is 0 Å². The Labute approximate surface area is 118 Å². The lowest BCUT2D eigenvalue weighted by Gasteiger charge is -2.37. The Bertz CT molecular complexity index is 482. The highest BCUT2D eigenvalue weighted by molar-refractivity contribution is 5.85. The molecule has 0 aliphatic carbocycles. The topological polar surface area (TPSA) is 55.4 Å². The first kappa shape index (κ1) is 16.1. The zero-order chi connectivity index (χ0) is 15.4. The second-order valence-corrected chi connectivity index (χ2v) is 5.84. The molecule has 0 heterocycles. The lowest BCUT2D eigenvalue weighted by molar-refractivity contribution is -0.140. The standard InChI is InChI=1S/C15H20FNO3/c1-14(2,3)15(4,12(16)18)17-13(19)20-10-11-8-6-5-7-9-11/h5-9H,10H2,1-4H3,(H,17,19)/t15-/m1/s1. The maximum Gasteiger partial charge on any atom is 0.408 e. The molecule has 4 nitrogen and oxygen atoms in total. The third-order valence-corrected chi connectivity index (χ3v) is 3.46. The van der Waals surface area contributed by atoms with Gasteiger partial charge in [-0.25, -0.2) is 4.79 Å². The second-order valence-electron chi connectivity index (χ2n) is 5.84. The lowest BCUT2D eigenvalue weighted by Crippen LogP contribution is -2.59. The van der Waals surface area contributed by atoms with E-state index in [1.54, 1.807) is 32.9 Å². The molecule has 110 valence electrons. The van der Waals surface area contributed by atoms with Crippen LogP contribution in [0.4, 0.5) is 9.18 Å². The Kier molecular flexibility index (Phi) is 4.87. The molecule has 0 bridgehead atoms. The largest absolute Gasteiger partial charge is 0.445 e. The summed E-state index contributed by atoms with van der Waals surface area (Å²) in [5, 5.41) is 2.32. The molecule has 5 heteroatoms. The fourth-order valence-electron chi connectivity index (χ4n) is 1.49. The number of alkyl carbamates (subject to hydrolysis) is 1. The number of halogens is 1. The van der Waals surface area contributed by atoms with Gasteiger partial charge in [0.1, 0.15) is 12.1 Å². The molecular formula is C15H20FNO3. The number of benzene rings is 1. The number of nitrogens with one attached hydrogen (secondary N) is 1. The highest BCUT2D eigenvalue weighted by Crippen LogP contribution is 2.31. The van der Waals surface area contributed by atoms with E-state index in [0.29, 0.717) is 0 Å². The maximum absolute atomic E-state index is 13.3. The van der Waals surface area contributed by atoms with Gasteiger partial charge in [0.15, 0.2) is 0 Å². The van der Waals surface area contributed by atoms with Crippen LogP contribution in [-0.4, -0.2) is 17.7 Å². The minimum absolute atomic E-state index is 0.0629. The van der Waals surface area contributed by atoms with E-state index < -0.39 is 23.1 Å². The van der Waals surface area contributed by atoms with Gasteiger partial charge in [-0.1, -0.05) is 51.1 Å². The van der Waals surface area contributed by atoms with Crippen LogP contribution in [0.1, 0.15) is 33.3 Å². The summed E-state index contributed by atoms with van der Waals surface area (Å²) < 4.78 is 18.3. The normalized spacial score (nSPS) is 14.2. The van der Waals surface area contributed by atoms with Crippen LogP contribution in [0, 0.1) is 5.41 Å². The molecule has 0 radical (unpaired) electrons. The zero-order valence-corrected chi connectivity index (χ0v) is 12.2. The molecule has 1 amide bonds. The van der Waals surface area contributed by atoms with E-state index in [2.05, 4.69) is 5.32 Å². The van der Waals surface area contributed by atoms with Crippen LogP contribution < -0.4 is 5.32 Å². The van der Waals surface area contributed by atoms with Crippen molar-refractivity contribution >= 4 is 12.1 Å². The first-order valence-corrected chi connectivity index (χ1v) is 6.35. The number of ether oxygens (including phenoxy) is 1. The van der Waals surface area contributed by atoms with Crippen LogP contribution in [0.5, 0.6) is 0 Å². The summed E-state index contributed by atoms with van der Waals surface area (Å²) in [7, 11) is 0. The van der Waals surface area contributed by atoms with Crippen LogP contribution in [0.3, 0.4) is 0 Å². The second kappa shape index (κ2) is 6.03. The first-order chi connectivity index (χ1) is 9.17. The average molecular weight is 281 g/mol. The van der Waals surface area contributed by atoms with Crippen LogP contribution >= 0.6 is 0 Å². The van der Waals surface area contributed by atoms with E-state index in [-0.39, 0.29) is 6.61 Å². The van der Waals surface area contributed by atoms with Gasteiger partial charge in [0.25, 0.3) is 0 Å². The Morgan fingerprint density at radius 3 is 2.15 bits per heavy atom. The van der Waals surface area contributed by atoms with Gasteiger partial charge in [0.2, 0.25) is 0 Å². The third kappa shape index (κ3) is 3.79. The minimum atomic E-state index is -1.62. The SMILES string of the molecule is CC(C)(C)[C@](C)(NC(=O)OCc1ccccc1)C(=O)F. The molecule has 0 spiro atoms. The molecule has 1 rings (SSSR count). The lowest BCUT2D eigenvalue weighted by atomic mass is 9.75. The Balaban J connectivity index is 2.67. The van der Waals surface area contributed by atoms with Gasteiger partial charge in [0.05, 0.1) is 0 Å². The van der Waals surface area contributed by atoms with E-state index in [9.17, 15) is 14.0 Å². The average Bonchev–Trinajstić information content (AvgIpc) is 2.36. The van der Waals surface area contributed by atoms with Gasteiger partial charge in [-0.2, -0.15) is 4.39 Å². The number of hydrogen-bond donors (Lipinski definition) is 1. The number of carbonyl (C=O) groups excluding carboxylic acids is 2. The first-order valence-electron chi connectivity index (χ1n) is 6.35. The van der Waals surface area contributed by atoms with Crippen LogP contribution in [0.15, 0.2) is 30.3 Å². The zero-order valence-electron chi connectivity index (χ0n) is 12.2. The van der Waals surface area contributed by atoms with Gasteiger partial charge in [-0.05, 0) is 17.9 Å². The maximum atomic E-state index is 13.3. The van der Waals surface area contributed by atoms with E-state index >= 15 is 0 Å². The van der Waals surface area contributed by atoms with E-state index in [1.807, 2.05) is 18.2 Å². The van der Waals surface area contributed by atoms with Gasteiger partial charge in [0, 0.05) is 0 Å². The van der Waals surface area contributed by atoms with Crippen molar-refractivity contribution in [2.24, 2.45) is 5.41 Å². The summed E-state index contributed by atoms with van der Waals surface area (Å²) in [5.74, 6) is 0. The van der Waals surface area contributed by atoms with Crippen molar-refractivity contribution in [3.8, 4) is 0 Å². The van der Waals surface area contributed by atoms with Gasteiger partial charge >= 0.3 is 12.1 Å². The van der Waals surface area contributed by atoms with E-state index in [0.717, 1.165) is 5.56 Å². The van der Waals surface area contributed by atoms with Crippen molar-refractivity contribution in [2.75, 3.05) is 0 Å². The van der Waals surface area contributed by atoms with E-state index in [4.69, 9.17) is 4.74 Å². The number of hydrogen-bond acceptors (Lipinski definition) is 3. The third-order valence-electron chi connectivity index (χ3n) is 3.46. The van der Waals surface area contributed by atoms with Gasteiger partial charge in [-0.3, -0.25) is 4.79 Å². The molecule has 0 aliphatic heterocycles. The molecule has 0 fully saturated rings. The Morgan fingerprint density at radius 1 is 1.15 bits per heavy atom. The number of amides is 1. The molecule has 0 unspecified atom stereocenters. The fourth-order valence-corrected chi connectivity index (χ4v) is 1.49. The van der Waals surface area contributed by atoms with E-state index in [1.165, 1.54) is 6.92 Å². The molecule has 1 atom stereocenters. The summed E-state index contributed by atoms with van der Waals surface area (Å²) in [4.78, 5) is 22.9. The predicted molar refractivity (Wildman–Crippen MR) is 73.7 cm³/mol. The summed E-state index contributed by atoms with van der Waals surface area (Å²) in [6, 6.07) is 7.50.